The van der Waals surface area contributed by atoms with Crippen LogP contribution in [0, 0.1) is 13.8 Å². The minimum absolute atomic E-state index is 0.139. The molecule has 21 heavy (non-hydrogen) atoms. The molecule has 0 spiro atoms. The van der Waals surface area contributed by atoms with Gasteiger partial charge in [-0.1, -0.05) is 17.8 Å². The van der Waals surface area contributed by atoms with Gasteiger partial charge in [0.2, 0.25) is 5.91 Å². The zero-order valence-corrected chi connectivity index (χ0v) is 12.6. The highest BCUT2D eigenvalue weighted by atomic mass is 32.2. The van der Waals surface area contributed by atoms with E-state index in [1.54, 1.807) is 19.1 Å². The molecule has 0 fully saturated rings. The van der Waals surface area contributed by atoms with Crippen molar-refractivity contribution in [2.45, 2.75) is 19.0 Å². The zero-order valence-electron chi connectivity index (χ0n) is 11.8. The molecule has 2 aromatic rings. The number of benzene rings is 1. The summed E-state index contributed by atoms with van der Waals surface area (Å²) in [5.74, 6) is -0.0700. The van der Waals surface area contributed by atoms with Crippen molar-refractivity contribution < 1.29 is 4.79 Å². The lowest BCUT2D eigenvalue weighted by Crippen LogP contribution is -2.16. The number of nitrogens with one attached hydrogen (secondary N) is 2. The SMILES string of the molecule is Cc1ccc(NC(=O)CSc2nc(C)cc(=O)[nH]2)c(N)c1. The molecule has 0 saturated carbocycles. The average molecular weight is 304 g/mol. The summed E-state index contributed by atoms with van der Waals surface area (Å²) in [6.07, 6.45) is 0. The second kappa shape index (κ2) is 6.45. The first-order valence-corrected chi connectivity index (χ1v) is 7.29. The molecule has 6 nitrogen and oxygen atoms in total. The number of nitrogen functional groups attached to an aromatic ring is 1. The van der Waals surface area contributed by atoms with Crippen LogP contribution in [0.25, 0.3) is 0 Å². The molecule has 0 unspecified atom stereocenters. The van der Waals surface area contributed by atoms with Crippen molar-refractivity contribution in [3.05, 3.63) is 45.9 Å². The molecule has 1 aromatic heterocycles. The van der Waals surface area contributed by atoms with Crippen LogP contribution < -0.4 is 16.6 Å². The van der Waals surface area contributed by atoms with E-state index < -0.39 is 0 Å². The van der Waals surface area contributed by atoms with Crippen LogP contribution in [0.15, 0.2) is 34.2 Å². The van der Waals surface area contributed by atoms with Gasteiger partial charge in [-0.3, -0.25) is 9.59 Å². The number of anilines is 2. The predicted octanol–water partition coefficient (Wildman–Crippen LogP) is 1.70. The van der Waals surface area contributed by atoms with Crippen LogP contribution in [0.4, 0.5) is 11.4 Å². The maximum atomic E-state index is 11.9. The van der Waals surface area contributed by atoms with Gasteiger partial charge in [0.05, 0.1) is 17.1 Å². The van der Waals surface area contributed by atoms with Gasteiger partial charge in [0, 0.05) is 11.8 Å². The van der Waals surface area contributed by atoms with Crippen LogP contribution in [0.3, 0.4) is 0 Å². The summed E-state index contributed by atoms with van der Waals surface area (Å²) in [6, 6.07) is 6.83. The van der Waals surface area contributed by atoms with Crippen molar-refractivity contribution in [3.8, 4) is 0 Å². The fourth-order valence-corrected chi connectivity index (χ4v) is 2.46. The van der Waals surface area contributed by atoms with Gasteiger partial charge in [0.25, 0.3) is 5.56 Å². The molecule has 7 heteroatoms. The maximum Gasteiger partial charge on any atom is 0.251 e. The van der Waals surface area contributed by atoms with E-state index in [2.05, 4.69) is 15.3 Å². The standard InChI is InChI=1S/C14H16N4O2S/c1-8-3-4-11(10(15)5-8)17-13(20)7-21-14-16-9(2)6-12(19)18-14/h3-6H,7,15H2,1-2H3,(H,17,20)(H,16,18,19). The van der Waals surface area contributed by atoms with Gasteiger partial charge in [-0.15, -0.1) is 0 Å². The lowest BCUT2D eigenvalue weighted by atomic mass is 10.2. The Hall–Kier alpha value is -2.28. The minimum atomic E-state index is -0.229. The van der Waals surface area contributed by atoms with Crippen molar-refractivity contribution in [3.63, 3.8) is 0 Å². The Morgan fingerprint density at radius 1 is 1.38 bits per heavy atom. The van der Waals surface area contributed by atoms with E-state index in [-0.39, 0.29) is 17.2 Å². The highest BCUT2D eigenvalue weighted by Crippen LogP contribution is 2.20. The molecule has 0 bridgehead atoms. The van der Waals surface area contributed by atoms with E-state index in [1.165, 1.54) is 17.8 Å². The molecule has 0 atom stereocenters. The molecular weight excluding hydrogens is 288 g/mol. The molecule has 0 aliphatic rings. The quantitative estimate of drug-likeness (QED) is 0.453. The first-order chi connectivity index (χ1) is 9.94. The molecular formula is C14H16N4O2S. The van der Waals surface area contributed by atoms with E-state index in [0.717, 1.165) is 5.56 Å². The van der Waals surface area contributed by atoms with Gasteiger partial charge in [0.1, 0.15) is 0 Å². The molecule has 0 aliphatic heterocycles. The summed E-state index contributed by atoms with van der Waals surface area (Å²) in [7, 11) is 0. The van der Waals surface area contributed by atoms with E-state index >= 15 is 0 Å². The number of hydrogen-bond donors (Lipinski definition) is 3. The van der Waals surface area contributed by atoms with E-state index in [0.29, 0.717) is 22.2 Å². The Morgan fingerprint density at radius 3 is 2.81 bits per heavy atom. The summed E-state index contributed by atoms with van der Waals surface area (Å²) < 4.78 is 0. The zero-order chi connectivity index (χ0) is 15.4. The van der Waals surface area contributed by atoms with Crippen LogP contribution in [0.5, 0.6) is 0 Å². The van der Waals surface area contributed by atoms with Crippen LogP contribution in [-0.2, 0) is 4.79 Å². The largest absolute Gasteiger partial charge is 0.397 e. The minimum Gasteiger partial charge on any atom is -0.397 e. The number of aromatic amines is 1. The van der Waals surface area contributed by atoms with Crippen LogP contribution in [-0.4, -0.2) is 21.6 Å². The third-order valence-electron chi connectivity index (χ3n) is 2.67. The number of carbonyl (C=O) groups excluding carboxylic acids is 1. The number of nitrogens with two attached hydrogens (primary N) is 1. The fourth-order valence-electron chi connectivity index (χ4n) is 1.74. The smallest absolute Gasteiger partial charge is 0.251 e. The molecule has 0 aliphatic carbocycles. The predicted molar refractivity (Wildman–Crippen MR) is 84.5 cm³/mol. The lowest BCUT2D eigenvalue weighted by molar-refractivity contribution is -0.113. The molecule has 1 aromatic carbocycles. The van der Waals surface area contributed by atoms with Gasteiger partial charge >= 0.3 is 0 Å². The Morgan fingerprint density at radius 2 is 2.14 bits per heavy atom. The first-order valence-electron chi connectivity index (χ1n) is 6.31. The summed E-state index contributed by atoms with van der Waals surface area (Å²) in [6.45, 7) is 3.66. The second-order valence-electron chi connectivity index (χ2n) is 4.62. The van der Waals surface area contributed by atoms with Gasteiger partial charge in [-0.2, -0.15) is 0 Å². The fraction of sp³-hybridized carbons (Fsp3) is 0.214. The van der Waals surface area contributed by atoms with Crippen LogP contribution >= 0.6 is 11.8 Å². The number of H-pyrrole nitrogens is 1. The van der Waals surface area contributed by atoms with E-state index in [1.807, 2.05) is 13.0 Å². The Labute approximate surface area is 126 Å². The molecule has 110 valence electrons. The van der Waals surface area contributed by atoms with E-state index in [9.17, 15) is 9.59 Å². The lowest BCUT2D eigenvalue weighted by Gasteiger charge is -2.08. The van der Waals surface area contributed by atoms with Gasteiger partial charge in [-0.25, -0.2) is 4.98 Å². The van der Waals surface area contributed by atoms with Crippen molar-refractivity contribution in [2.75, 3.05) is 16.8 Å². The first kappa shape index (κ1) is 15.1. The summed E-state index contributed by atoms with van der Waals surface area (Å²) in [5.41, 5.74) is 8.36. The van der Waals surface area contributed by atoms with Gasteiger partial charge in [0.15, 0.2) is 5.16 Å². The molecule has 0 radical (unpaired) electrons. The third kappa shape index (κ3) is 4.35. The van der Waals surface area contributed by atoms with E-state index in [4.69, 9.17) is 5.73 Å². The molecule has 1 heterocycles. The number of aromatic nitrogens is 2. The Balaban J connectivity index is 1.97. The topological polar surface area (TPSA) is 101 Å². The highest BCUT2D eigenvalue weighted by Gasteiger charge is 2.07. The molecule has 4 N–H and O–H groups in total. The van der Waals surface area contributed by atoms with Crippen molar-refractivity contribution in [2.24, 2.45) is 0 Å². The molecule has 2 rings (SSSR count). The summed E-state index contributed by atoms with van der Waals surface area (Å²) in [5, 5.41) is 3.16. The molecule has 0 saturated heterocycles. The summed E-state index contributed by atoms with van der Waals surface area (Å²) >= 11 is 1.17. The molecule has 1 amide bonds. The number of rotatable bonds is 4. The van der Waals surface area contributed by atoms with Gasteiger partial charge < -0.3 is 16.0 Å². The normalized spacial score (nSPS) is 10.4. The highest BCUT2D eigenvalue weighted by molar-refractivity contribution is 7.99. The number of nitrogens with zero attached hydrogens (tertiary/aromatic N) is 1. The Kier molecular flexibility index (Phi) is 4.64. The number of aryl methyl sites for hydroxylation is 2. The van der Waals surface area contributed by atoms with Gasteiger partial charge in [-0.05, 0) is 31.5 Å². The van der Waals surface area contributed by atoms with Crippen molar-refractivity contribution in [1.82, 2.24) is 9.97 Å². The Bertz CT molecular complexity index is 727. The van der Waals surface area contributed by atoms with Crippen LogP contribution in [0.2, 0.25) is 0 Å². The van der Waals surface area contributed by atoms with Crippen molar-refractivity contribution >= 4 is 29.0 Å². The maximum absolute atomic E-state index is 11.9. The second-order valence-corrected chi connectivity index (χ2v) is 5.58. The number of hydrogen-bond acceptors (Lipinski definition) is 5. The third-order valence-corrected chi connectivity index (χ3v) is 3.54. The number of thioether (sulfide) groups is 1. The number of amides is 1. The summed E-state index contributed by atoms with van der Waals surface area (Å²) in [4.78, 5) is 29.9. The van der Waals surface area contributed by atoms with Crippen LogP contribution in [0.1, 0.15) is 11.3 Å². The monoisotopic (exact) mass is 304 g/mol. The average Bonchev–Trinajstić information content (AvgIpc) is 2.39. The number of carbonyl (C=O) groups is 1. The van der Waals surface area contributed by atoms with Crippen molar-refractivity contribution in [1.29, 1.82) is 0 Å².